The molecule has 0 fully saturated rings. The normalized spacial score (nSPS) is 13.0. The number of Topliss-reactive ketones (excluding diaryl/α,β-unsaturated/α-hetero) is 1. The molecule has 0 heterocycles. The molecule has 16 heavy (non-hydrogen) atoms. The maximum atomic E-state index is 11.6. The number of carbonyl (C=O) groups excluding carboxylic acids is 2. The monoisotopic (exact) mass is 231 g/mol. The highest BCUT2D eigenvalue weighted by atomic mass is 16.6. The van der Waals surface area contributed by atoms with Crippen LogP contribution in [0.3, 0.4) is 0 Å². The SMILES string of the molecule is CCOC(=O)[C@H](CC(C)=O)C(C)(C)[N+](=O)[O-]. The van der Waals surface area contributed by atoms with Gasteiger partial charge in [-0.25, -0.2) is 0 Å². The van der Waals surface area contributed by atoms with Crippen molar-refractivity contribution in [3.05, 3.63) is 10.1 Å². The van der Waals surface area contributed by atoms with Crippen LogP contribution in [0.4, 0.5) is 0 Å². The Morgan fingerprint density at radius 2 is 1.94 bits per heavy atom. The molecule has 0 aromatic rings. The first kappa shape index (κ1) is 14.5. The number of ether oxygens (including phenoxy) is 1. The van der Waals surface area contributed by atoms with E-state index in [-0.39, 0.29) is 18.8 Å². The van der Waals surface area contributed by atoms with E-state index in [4.69, 9.17) is 4.74 Å². The topological polar surface area (TPSA) is 86.5 Å². The smallest absolute Gasteiger partial charge is 0.316 e. The lowest BCUT2D eigenvalue weighted by Gasteiger charge is -2.24. The Labute approximate surface area is 94.1 Å². The second kappa shape index (κ2) is 5.58. The van der Waals surface area contributed by atoms with Crippen LogP contribution < -0.4 is 0 Å². The summed E-state index contributed by atoms with van der Waals surface area (Å²) in [6.07, 6.45) is -0.174. The largest absolute Gasteiger partial charge is 0.466 e. The van der Waals surface area contributed by atoms with Gasteiger partial charge in [0.05, 0.1) is 6.61 Å². The predicted molar refractivity (Wildman–Crippen MR) is 56.5 cm³/mol. The van der Waals surface area contributed by atoms with Crippen LogP contribution in [-0.4, -0.2) is 28.8 Å². The van der Waals surface area contributed by atoms with Crippen molar-refractivity contribution in [2.24, 2.45) is 5.92 Å². The van der Waals surface area contributed by atoms with Gasteiger partial charge in [0.15, 0.2) is 0 Å². The third-order valence-corrected chi connectivity index (χ3v) is 2.39. The number of carbonyl (C=O) groups is 2. The molecule has 0 aromatic carbocycles. The summed E-state index contributed by atoms with van der Waals surface area (Å²) >= 11 is 0. The van der Waals surface area contributed by atoms with Crippen LogP contribution in [0.25, 0.3) is 0 Å². The molecule has 0 saturated carbocycles. The van der Waals surface area contributed by atoms with Crippen molar-refractivity contribution in [2.45, 2.75) is 39.7 Å². The molecule has 0 aliphatic heterocycles. The number of hydrogen-bond donors (Lipinski definition) is 0. The lowest BCUT2D eigenvalue weighted by atomic mass is 9.84. The van der Waals surface area contributed by atoms with E-state index in [1.54, 1.807) is 6.92 Å². The Morgan fingerprint density at radius 3 is 2.25 bits per heavy atom. The van der Waals surface area contributed by atoms with Gasteiger partial charge in [-0.3, -0.25) is 19.7 Å². The average Bonchev–Trinajstić information content (AvgIpc) is 2.13. The highest BCUT2D eigenvalue weighted by Gasteiger charge is 2.46. The highest BCUT2D eigenvalue weighted by molar-refractivity contribution is 5.83. The number of esters is 1. The molecule has 0 amide bonds. The molecule has 0 N–H and O–H groups in total. The second-order valence-electron chi connectivity index (χ2n) is 4.12. The first-order valence-corrected chi connectivity index (χ1v) is 5.04. The van der Waals surface area contributed by atoms with E-state index in [0.29, 0.717) is 0 Å². The zero-order valence-corrected chi connectivity index (χ0v) is 9.98. The van der Waals surface area contributed by atoms with E-state index in [2.05, 4.69) is 0 Å². The first-order chi connectivity index (χ1) is 7.23. The second-order valence-corrected chi connectivity index (χ2v) is 4.12. The zero-order valence-electron chi connectivity index (χ0n) is 9.98. The molecular formula is C10H17NO5. The van der Waals surface area contributed by atoms with Gasteiger partial charge in [0.2, 0.25) is 5.54 Å². The standard InChI is InChI=1S/C10H17NO5/c1-5-16-9(13)8(6-7(2)12)10(3,4)11(14)15/h8H,5-6H2,1-4H3/t8-/m0/s1. The van der Waals surface area contributed by atoms with Crippen LogP contribution in [-0.2, 0) is 14.3 Å². The summed E-state index contributed by atoms with van der Waals surface area (Å²) < 4.78 is 4.75. The Bertz CT molecular complexity index is 298. The van der Waals surface area contributed by atoms with Gasteiger partial charge in [-0.05, 0) is 13.8 Å². The first-order valence-electron chi connectivity index (χ1n) is 5.04. The molecule has 0 aromatic heterocycles. The van der Waals surface area contributed by atoms with Crippen molar-refractivity contribution >= 4 is 11.8 Å². The van der Waals surface area contributed by atoms with Crippen molar-refractivity contribution < 1.29 is 19.2 Å². The zero-order chi connectivity index (χ0) is 12.9. The molecule has 0 aliphatic carbocycles. The lowest BCUT2D eigenvalue weighted by Crippen LogP contribution is -2.45. The van der Waals surface area contributed by atoms with Gasteiger partial charge in [-0.2, -0.15) is 0 Å². The van der Waals surface area contributed by atoms with E-state index in [9.17, 15) is 19.7 Å². The molecular weight excluding hydrogens is 214 g/mol. The molecule has 0 spiro atoms. The molecule has 6 nitrogen and oxygen atoms in total. The van der Waals surface area contributed by atoms with Gasteiger partial charge < -0.3 is 4.74 Å². The van der Waals surface area contributed by atoms with Crippen LogP contribution >= 0.6 is 0 Å². The summed E-state index contributed by atoms with van der Waals surface area (Å²) in [5.74, 6) is -2.01. The highest BCUT2D eigenvalue weighted by Crippen LogP contribution is 2.25. The van der Waals surface area contributed by atoms with Crippen molar-refractivity contribution in [2.75, 3.05) is 6.61 Å². The Balaban J connectivity index is 5.00. The molecule has 0 bridgehead atoms. The minimum atomic E-state index is -1.50. The number of rotatable bonds is 6. The Hall–Kier alpha value is -1.46. The van der Waals surface area contributed by atoms with Gasteiger partial charge in [-0.15, -0.1) is 0 Å². The van der Waals surface area contributed by atoms with Crippen LogP contribution in [0.1, 0.15) is 34.1 Å². The maximum absolute atomic E-state index is 11.6. The van der Waals surface area contributed by atoms with E-state index >= 15 is 0 Å². The molecule has 0 saturated heterocycles. The molecule has 1 atom stereocenters. The van der Waals surface area contributed by atoms with Gasteiger partial charge in [-0.1, -0.05) is 0 Å². The maximum Gasteiger partial charge on any atom is 0.316 e. The average molecular weight is 231 g/mol. The fourth-order valence-corrected chi connectivity index (χ4v) is 1.28. The third-order valence-electron chi connectivity index (χ3n) is 2.39. The van der Waals surface area contributed by atoms with Crippen LogP contribution in [0.5, 0.6) is 0 Å². The lowest BCUT2D eigenvalue weighted by molar-refractivity contribution is -0.568. The summed E-state index contributed by atoms with van der Waals surface area (Å²) in [6.45, 7) is 5.68. The van der Waals surface area contributed by atoms with Gasteiger partial charge in [0.25, 0.3) is 0 Å². The molecule has 6 heteroatoms. The minimum absolute atomic E-state index is 0.140. The van der Waals surface area contributed by atoms with E-state index in [0.717, 1.165) is 0 Å². The van der Waals surface area contributed by atoms with Crippen molar-refractivity contribution in [3.63, 3.8) is 0 Å². The van der Waals surface area contributed by atoms with Crippen LogP contribution in [0, 0.1) is 16.0 Å². The quantitative estimate of drug-likeness (QED) is 0.389. The molecule has 0 aliphatic rings. The molecule has 0 unspecified atom stereocenters. The number of nitrogens with zero attached hydrogens (tertiary/aromatic N) is 1. The van der Waals surface area contributed by atoms with Gasteiger partial charge in [0, 0.05) is 25.2 Å². The molecule has 92 valence electrons. The van der Waals surface area contributed by atoms with Gasteiger partial charge in [0.1, 0.15) is 11.7 Å². The van der Waals surface area contributed by atoms with Crippen molar-refractivity contribution in [1.29, 1.82) is 0 Å². The van der Waals surface area contributed by atoms with Crippen molar-refractivity contribution in [1.82, 2.24) is 0 Å². The fraction of sp³-hybridized carbons (Fsp3) is 0.800. The molecule has 0 rings (SSSR count). The van der Waals surface area contributed by atoms with E-state index < -0.39 is 22.3 Å². The van der Waals surface area contributed by atoms with Crippen LogP contribution in [0.2, 0.25) is 0 Å². The summed E-state index contributed by atoms with van der Waals surface area (Å²) in [4.78, 5) is 32.8. The Morgan fingerprint density at radius 1 is 1.44 bits per heavy atom. The van der Waals surface area contributed by atoms with E-state index in [1.165, 1.54) is 20.8 Å². The Kier molecular flexibility index (Phi) is 5.07. The summed E-state index contributed by atoms with van der Waals surface area (Å²) in [6, 6.07) is 0. The fourth-order valence-electron chi connectivity index (χ4n) is 1.28. The number of hydrogen-bond acceptors (Lipinski definition) is 5. The number of nitro groups is 1. The molecule has 0 radical (unpaired) electrons. The van der Waals surface area contributed by atoms with Crippen LogP contribution in [0.15, 0.2) is 0 Å². The number of ketones is 1. The minimum Gasteiger partial charge on any atom is -0.466 e. The van der Waals surface area contributed by atoms with Gasteiger partial charge >= 0.3 is 5.97 Å². The summed E-state index contributed by atoms with van der Waals surface area (Å²) in [7, 11) is 0. The summed E-state index contributed by atoms with van der Waals surface area (Å²) in [5.41, 5.74) is -1.50. The van der Waals surface area contributed by atoms with Crippen molar-refractivity contribution in [3.8, 4) is 0 Å². The predicted octanol–water partition coefficient (Wildman–Crippen LogP) is 1.20. The third kappa shape index (κ3) is 3.60. The summed E-state index contributed by atoms with van der Waals surface area (Å²) in [5, 5.41) is 10.8. The van der Waals surface area contributed by atoms with E-state index in [1.807, 2.05) is 0 Å².